The Kier molecular flexibility index (Phi) is 8.14. The van der Waals surface area contributed by atoms with Gasteiger partial charge in [0.05, 0.1) is 19.8 Å². The number of rotatable bonds is 8. The Balaban J connectivity index is 2.14. The van der Waals surface area contributed by atoms with Crippen molar-refractivity contribution in [3.8, 4) is 5.75 Å². The van der Waals surface area contributed by atoms with Crippen LogP contribution in [0.15, 0.2) is 53.3 Å². The van der Waals surface area contributed by atoms with E-state index in [4.69, 9.17) is 21.1 Å². The van der Waals surface area contributed by atoms with E-state index < -0.39 is 17.6 Å². The number of hydrogen-bond donors (Lipinski definition) is 1. The maximum absolute atomic E-state index is 12.9. The van der Waals surface area contributed by atoms with Crippen LogP contribution in [0.2, 0.25) is 5.02 Å². The van der Waals surface area contributed by atoms with E-state index >= 15 is 0 Å². The molecule has 10 heteroatoms. The van der Waals surface area contributed by atoms with Crippen molar-refractivity contribution in [2.45, 2.75) is 13.0 Å². The molecule has 0 saturated carbocycles. The van der Waals surface area contributed by atoms with Crippen molar-refractivity contribution in [1.29, 1.82) is 0 Å². The van der Waals surface area contributed by atoms with Gasteiger partial charge in [0.25, 0.3) is 11.5 Å². The largest absolute Gasteiger partial charge is 0.489 e. The molecule has 0 fully saturated rings. The van der Waals surface area contributed by atoms with Crippen LogP contribution in [0.1, 0.15) is 44.9 Å². The number of nitrogens with zero attached hydrogens (tertiary/aromatic N) is 3. The van der Waals surface area contributed by atoms with Crippen LogP contribution < -0.4 is 15.6 Å². The normalized spacial score (nSPS) is 11.5. The number of nitrogens with one attached hydrogen (secondary N) is 1. The maximum Gasteiger partial charge on any atom is 0.361 e. The van der Waals surface area contributed by atoms with Crippen molar-refractivity contribution in [2.24, 2.45) is 7.05 Å². The number of hydrogen-bond acceptors (Lipinski definition) is 7. The lowest BCUT2D eigenvalue weighted by Crippen LogP contribution is -2.28. The quantitative estimate of drug-likeness (QED) is 0.474. The zero-order chi connectivity index (χ0) is 25.7. The number of halogens is 1. The summed E-state index contributed by atoms with van der Waals surface area (Å²) in [4.78, 5) is 43.6. The van der Waals surface area contributed by atoms with Crippen LogP contribution in [0.3, 0.4) is 0 Å². The lowest BCUT2D eigenvalue weighted by atomic mass is 9.97. The SMILES string of the molecule is CCOC(=O)c1nc(NC(c2ccccc2)c2ccc(C(=O)N(C)C)cc2Cl)n(C)c(=O)c1OC. The minimum absolute atomic E-state index is 0.109. The molecule has 1 atom stereocenters. The molecule has 35 heavy (non-hydrogen) atoms. The van der Waals surface area contributed by atoms with E-state index in [1.807, 2.05) is 30.3 Å². The van der Waals surface area contributed by atoms with Gasteiger partial charge in [-0.05, 0) is 30.2 Å². The molecule has 0 bridgehead atoms. The third-order valence-electron chi connectivity index (χ3n) is 5.29. The maximum atomic E-state index is 12.9. The van der Waals surface area contributed by atoms with E-state index in [-0.39, 0.29) is 29.9 Å². The van der Waals surface area contributed by atoms with Crippen LogP contribution in [0.4, 0.5) is 5.95 Å². The molecule has 2 aromatic carbocycles. The molecule has 1 heterocycles. The molecule has 0 aliphatic rings. The predicted octanol–water partition coefficient (Wildman–Crippen LogP) is 3.52. The standard InChI is InChI=1S/C25H27ClN4O5/c1-6-35-24(33)20-21(34-5)23(32)30(4)25(28-20)27-19(15-10-8-7-9-11-15)17-13-12-16(14-18(17)26)22(31)29(2)3/h7-14,19H,6H2,1-5H3,(H,27,28). The fourth-order valence-electron chi connectivity index (χ4n) is 3.50. The Morgan fingerprint density at radius 3 is 2.43 bits per heavy atom. The first kappa shape index (κ1) is 25.8. The van der Waals surface area contributed by atoms with Crippen molar-refractivity contribution in [2.75, 3.05) is 33.1 Å². The Hall–Kier alpha value is -3.85. The second-order valence-corrected chi connectivity index (χ2v) is 8.23. The molecule has 1 N–H and O–H groups in total. The number of benzene rings is 2. The Morgan fingerprint density at radius 2 is 1.86 bits per heavy atom. The highest BCUT2D eigenvalue weighted by Gasteiger charge is 2.25. The van der Waals surface area contributed by atoms with Crippen molar-refractivity contribution in [3.63, 3.8) is 0 Å². The van der Waals surface area contributed by atoms with Crippen LogP contribution in [0.25, 0.3) is 0 Å². The second kappa shape index (κ2) is 11.1. The molecule has 3 rings (SSSR count). The van der Waals surface area contributed by atoms with E-state index in [9.17, 15) is 14.4 Å². The van der Waals surface area contributed by atoms with E-state index in [1.165, 1.54) is 23.6 Å². The summed E-state index contributed by atoms with van der Waals surface area (Å²) in [7, 11) is 6.12. The summed E-state index contributed by atoms with van der Waals surface area (Å²) in [5.41, 5.74) is 1.12. The van der Waals surface area contributed by atoms with Crippen molar-refractivity contribution in [3.05, 3.63) is 86.3 Å². The topological polar surface area (TPSA) is 103 Å². The van der Waals surface area contributed by atoms with Gasteiger partial charge in [0.2, 0.25) is 11.7 Å². The highest BCUT2D eigenvalue weighted by atomic mass is 35.5. The number of anilines is 1. The zero-order valence-corrected chi connectivity index (χ0v) is 20.9. The number of carbonyl (C=O) groups excluding carboxylic acids is 2. The Bertz CT molecular complexity index is 1290. The van der Waals surface area contributed by atoms with Crippen molar-refractivity contribution < 1.29 is 19.1 Å². The first-order valence-corrected chi connectivity index (χ1v) is 11.2. The summed E-state index contributed by atoms with van der Waals surface area (Å²) in [6.07, 6.45) is 0. The molecule has 1 unspecified atom stereocenters. The van der Waals surface area contributed by atoms with Crippen LogP contribution in [0, 0.1) is 0 Å². The van der Waals surface area contributed by atoms with Crippen molar-refractivity contribution in [1.82, 2.24) is 14.5 Å². The van der Waals surface area contributed by atoms with Gasteiger partial charge in [-0.3, -0.25) is 14.2 Å². The number of aromatic nitrogens is 2. The highest BCUT2D eigenvalue weighted by Crippen LogP contribution is 2.32. The number of ether oxygens (including phenoxy) is 2. The number of esters is 1. The minimum Gasteiger partial charge on any atom is -0.489 e. The van der Waals surface area contributed by atoms with E-state index in [0.29, 0.717) is 16.1 Å². The molecule has 3 aromatic rings. The fraction of sp³-hybridized carbons (Fsp3) is 0.280. The molecular formula is C25H27ClN4O5. The molecule has 9 nitrogen and oxygen atoms in total. The molecule has 0 saturated heterocycles. The summed E-state index contributed by atoms with van der Waals surface area (Å²) in [5.74, 6) is -1.05. The molecule has 1 aromatic heterocycles. The van der Waals surface area contributed by atoms with Crippen LogP contribution in [-0.2, 0) is 11.8 Å². The van der Waals surface area contributed by atoms with Crippen molar-refractivity contribution >= 4 is 29.4 Å². The predicted molar refractivity (Wildman–Crippen MR) is 133 cm³/mol. The van der Waals surface area contributed by atoms with Gasteiger partial charge in [0.15, 0.2) is 5.69 Å². The van der Waals surface area contributed by atoms with E-state index in [2.05, 4.69) is 10.3 Å². The Morgan fingerprint density at radius 1 is 1.17 bits per heavy atom. The smallest absolute Gasteiger partial charge is 0.361 e. The summed E-state index contributed by atoms with van der Waals surface area (Å²) in [6, 6.07) is 13.9. The fourth-order valence-corrected chi connectivity index (χ4v) is 3.79. The molecule has 1 amide bonds. The molecule has 0 radical (unpaired) electrons. The van der Waals surface area contributed by atoms with Gasteiger partial charge < -0.3 is 19.7 Å². The monoisotopic (exact) mass is 498 g/mol. The van der Waals surface area contributed by atoms with E-state index in [1.54, 1.807) is 39.2 Å². The van der Waals surface area contributed by atoms with Gasteiger partial charge in [0, 0.05) is 31.7 Å². The van der Waals surface area contributed by atoms with Gasteiger partial charge in [-0.25, -0.2) is 9.78 Å². The first-order valence-electron chi connectivity index (χ1n) is 10.8. The van der Waals surface area contributed by atoms with Gasteiger partial charge >= 0.3 is 5.97 Å². The molecule has 0 aliphatic heterocycles. The lowest BCUT2D eigenvalue weighted by molar-refractivity contribution is 0.0514. The van der Waals surface area contributed by atoms with Gasteiger partial charge in [-0.2, -0.15) is 0 Å². The molecular weight excluding hydrogens is 472 g/mol. The number of amides is 1. The third-order valence-corrected chi connectivity index (χ3v) is 5.62. The summed E-state index contributed by atoms with van der Waals surface area (Å²) < 4.78 is 11.4. The third kappa shape index (κ3) is 5.46. The van der Waals surface area contributed by atoms with Crippen LogP contribution >= 0.6 is 11.6 Å². The average Bonchev–Trinajstić information content (AvgIpc) is 2.85. The average molecular weight is 499 g/mol. The summed E-state index contributed by atoms with van der Waals surface area (Å²) >= 11 is 6.64. The lowest BCUT2D eigenvalue weighted by Gasteiger charge is -2.24. The molecule has 0 aliphatic carbocycles. The summed E-state index contributed by atoms with van der Waals surface area (Å²) in [6.45, 7) is 1.77. The minimum atomic E-state index is -0.772. The van der Waals surface area contributed by atoms with Crippen LogP contribution in [-0.4, -0.2) is 54.1 Å². The first-order chi connectivity index (χ1) is 16.7. The zero-order valence-electron chi connectivity index (χ0n) is 20.2. The number of carbonyl (C=O) groups is 2. The van der Waals surface area contributed by atoms with Gasteiger partial charge in [-0.1, -0.05) is 48.0 Å². The highest BCUT2D eigenvalue weighted by molar-refractivity contribution is 6.31. The molecule has 184 valence electrons. The molecule has 0 spiro atoms. The Labute approximate surface area is 208 Å². The number of methoxy groups -OCH3 is 1. The van der Waals surface area contributed by atoms with Crippen LogP contribution in [0.5, 0.6) is 5.75 Å². The summed E-state index contributed by atoms with van der Waals surface area (Å²) in [5, 5.41) is 3.58. The van der Waals surface area contributed by atoms with E-state index in [0.717, 1.165) is 5.56 Å². The van der Waals surface area contributed by atoms with Gasteiger partial charge in [-0.15, -0.1) is 0 Å². The van der Waals surface area contributed by atoms with Gasteiger partial charge in [0.1, 0.15) is 0 Å². The second-order valence-electron chi connectivity index (χ2n) is 7.83.